The first-order valence-corrected chi connectivity index (χ1v) is 8.77. The van der Waals surface area contributed by atoms with Crippen molar-refractivity contribution in [1.29, 1.82) is 0 Å². The average molecular weight is 292 g/mol. The zero-order valence-corrected chi connectivity index (χ0v) is 13.2. The zero-order chi connectivity index (χ0) is 14.1. The van der Waals surface area contributed by atoms with Gasteiger partial charge in [0, 0.05) is 6.04 Å². The third-order valence-corrected chi connectivity index (χ3v) is 5.68. The average Bonchev–Trinajstić information content (AvgIpc) is 3.19. The lowest BCUT2D eigenvalue weighted by Gasteiger charge is -2.34. The summed E-state index contributed by atoms with van der Waals surface area (Å²) in [6.45, 7) is 4.33. The lowest BCUT2D eigenvalue weighted by molar-refractivity contribution is -0.133. The smallest absolute Gasteiger partial charge is 0.241 e. The molecule has 0 radical (unpaired) electrons. The highest BCUT2D eigenvalue weighted by Crippen LogP contribution is 2.36. The summed E-state index contributed by atoms with van der Waals surface area (Å²) < 4.78 is 0. The summed E-state index contributed by atoms with van der Waals surface area (Å²) in [4.78, 5) is 14.8. The van der Waals surface area contributed by atoms with Gasteiger partial charge < -0.3 is 4.90 Å². The van der Waals surface area contributed by atoms with Crippen LogP contribution in [0.1, 0.15) is 57.7 Å². The first-order chi connectivity index (χ1) is 9.72. The maximum absolute atomic E-state index is 12.7. The number of hydrogen-bond acceptors (Lipinski definition) is 3. The van der Waals surface area contributed by atoms with E-state index in [9.17, 15) is 4.79 Å². The molecule has 0 spiro atoms. The predicted molar refractivity (Wildman–Crippen MR) is 82.5 cm³/mol. The molecule has 3 atom stereocenters. The highest BCUT2D eigenvalue weighted by molar-refractivity contribution is 7.07. The van der Waals surface area contributed by atoms with E-state index in [4.69, 9.17) is 0 Å². The molecule has 1 saturated heterocycles. The molecule has 3 unspecified atom stereocenters. The quantitative estimate of drug-likeness (QED) is 0.920. The Hall–Kier alpha value is -0.870. The molecule has 3 rings (SSSR count). The minimum atomic E-state index is -0.0104. The van der Waals surface area contributed by atoms with E-state index >= 15 is 0 Å². The van der Waals surface area contributed by atoms with Crippen LogP contribution in [-0.2, 0) is 4.79 Å². The summed E-state index contributed by atoms with van der Waals surface area (Å²) in [7, 11) is 0. The van der Waals surface area contributed by atoms with Gasteiger partial charge in [-0.2, -0.15) is 11.3 Å². The Morgan fingerprint density at radius 3 is 2.80 bits per heavy atom. The van der Waals surface area contributed by atoms with E-state index in [1.54, 1.807) is 11.3 Å². The number of carbonyl (C=O) groups excluding carboxylic acids is 1. The Labute approximate surface area is 125 Å². The molecule has 2 fully saturated rings. The molecule has 4 heteroatoms. The van der Waals surface area contributed by atoms with Gasteiger partial charge in [-0.15, -0.1) is 0 Å². The molecule has 1 aliphatic heterocycles. The molecule has 110 valence electrons. The van der Waals surface area contributed by atoms with Crippen molar-refractivity contribution in [2.24, 2.45) is 5.92 Å². The predicted octanol–water partition coefficient (Wildman–Crippen LogP) is 3.54. The second kappa shape index (κ2) is 5.86. The third-order valence-electron chi connectivity index (χ3n) is 4.98. The van der Waals surface area contributed by atoms with Crippen molar-refractivity contribution in [3.63, 3.8) is 0 Å². The van der Waals surface area contributed by atoms with E-state index in [2.05, 4.69) is 40.9 Å². The van der Waals surface area contributed by atoms with Gasteiger partial charge in [0.1, 0.15) is 6.17 Å². The summed E-state index contributed by atoms with van der Waals surface area (Å²) in [5.74, 6) is 0.973. The van der Waals surface area contributed by atoms with Crippen molar-refractivity contribution in [1.82, 2.24) is 10.2 Å². The topological polar surface area (TPSA) is 32.3 Å². The maximum atomic E-state index is 12.7. The molecule has 0 aromatic carbocycles. The van der Waals surface area contributed by atoms with Crippen LogP contribution in [-0.4, -0.2) is 22.9 Å². The van der Waals surface area contributed by atoms with Crippen molar-refractivity contribution in [3.05, 3.63) is 22.4 Å². The monoisotopic (exact) mass is 292 g/mol. The minimum absolute atomic E-state index is 0.0104. The van der Waals surface area contributed by atoms with E-state index < -0.39 is 0 Å². The van der Waals surface area contributed by atoms with Crippen LogP contribution >= 0.6 is 11.3 Å². The second-order valence-corrected chi connectivity index (χ2v) is 6.90. The van der Waals surface area contributed by atoms with Crippen LogP contribution in [0.2, 0.25) is 0 Å². The molecule has 1 N–H and O–H groups in total. The van der Waals surface area contributed by atoms with Crippen LogP contribution in [0.4, 0.5) is 0 Å². The molecule has 0 bridgehead atoms. The molecule has 1 aliphatic carbocycles. The van der Waals surface area contributed by atoms with Gasteiger partial charge in [-0.05, 0) is 54.5 Å². The Morgan fingerprint density at radius 2 is 2.20 bits per heavy atom. The van der Waals surface area contributed by atoms with E-state index in [1.807, 2.05) is 0 Å². The van der Waals surface area contributed by atoms with Crippen molar-refractivity contribution >= 4 is 17.2 Å². The standard InChI is InChI=1S/C16H24N2OS/c1-3-14-16(19)18(11(2)12-6-4-5-7-12)15(17-14)13-8-9-20-10-13/h8-12,14-15,17H,3-7H2,1-2H3. The normalized spacial score (nSPS) is 29.3. The largest absolute Gasteiger partial charge is 0.319 e. The molecule has 1 aromatic rings. The van der Waals surface area contributed by atoms with Crippen molar-refractivity contribution in [2.45, 2.75) is 64.2 Å². The van der Waals surface area contributed by atoms with Crippen LogP contribution in [0.15, 0.2) is 16.8 Å². The van der Waals surface area contributed by atoms with E-state index in [1.165, 1.54) is 31.2 Å². The Bertz CT molecular complexity index is 453. The third kappa shape index (κ3) is 2.40. The zero-order valence-electron chi connectivity index (χ0n) is 12.3. The van der Waals surface area contributed by atoms with Crippen LogP contribution in [0.5, 0.6) is 0 Å². The van der Waals surface area contributed by atoms with Gasteiger partial charge in [0.15, 0.2) is 0 Å². The van der Waals surface area contributed by atoms with Gasteiger partial charge in [0.25, 0.3) is 0 Å². The summed E-state index contributed by atoms with van der Waals surface area (Å²) in [5.41, 5.74) is 1.24. The number of carbonyl (C=O) groups is 1. The molecular weight excluding hydrogens is 268 g/mol. The minimum Gasteiger partial charge on any atom is -0.319 e. The van der Waals surface area contributed by atoms with E-state index in [-0.39, 0.29) is 12.2 Å². The SMILES string of the molecule is CCC1NC(c2ccsc2)N(C(C)C2CCCC2)C1=O. The summed E-state index contributed by atoms with van der Waals surface area (Å²) >= 11 is 1.70. The van der Waals surface area contributed by atoms with Gasteiger partial charge >= 0.3 is 0 Å². The van der Waals surface area contributed by atoms with Crippen molar-refractivity contribution in [2.75, 3.05) is 0 Å². The molecular formula is C16H24N2OS. The number of rotatable bonds is 4. The van der Waals surface area contributed by atoms with Gasteiger partial charge in [0.05, 0.1) is 6.04 Å². The fraction of sp³-hybridized carbons (Fsp3) is 0.688. The Balaban J connectivity index is 1.85. The van der Waals surface area contributed by atoms with Gasteiger partial charge in [-0.3, -0.25) is 10.1 Å². The molecule has 2 heterocycles. The highest BCUT2D eigenvalue weighted by atomic mass is 32.1. The maximum Gasteiger partial charge on any atom is 0.241 e. The first kappa shape index (κ1) is 14.1. The van der Waals surface area contributed by atoms with E-state index in [0.29, 0.717) is 17.9 Å². The number of nitrogens with zero attached hydrogens (tertiary/aromatic N) is 1. The number of thiophene rings is 1. The highest BCUT2D eigenvalue weighted by Gasteiger charge is 2.43. The van der Waals surface area contributed by atoms with Gasteiger partial charge in [-0.1, -0.05) is 19.8 Å². The number of nitrogens with one attached hydrogen (secondary N) is 1. The van der Waals surface area contributed by atoms with Crippen molar-refractivity contribution in [3.8, 4) is 0 Å². The van der Waals surface area contributed by atoms with Crippen molar-refractivity contribution < 1.29 is 4.79 Å². The Morgan fingerprint density at radius 1 is 1.45 bits per heavy atom. The fourth-order valence-electron chi connectivity index (χ4n) is 3.73. The summed E-state index contributed by atoms with van der Waals surface area (Å²) in [6.07, 6.45) is 6.15. The lowest BCUT2D eigenvalue weighted by Crippen LogP contribution is -2.42. The molecule has 2 aliphatic rings. The number of amides is 1. The first-order valence-electron chi connectivity index (χ1n) is 7.82. The molecule has 1 aromatic heterocycles. The summed E-state index contributed by atoms with van der Waals surface area (Å²) in [6, 6.07) is 2.48. The van der Waals surface area contributed by atoms with Crippen LogP contribution in [0, 0.1) is 5.92 Å². The molecule has 20 heavy (non-hydrogen) atoms. The Kier molecular flexibility index (Phi) is 4.13. The summed E-state index contributed by atoms with van der Waals surface area (Å²) in [5, 5.41) is 7.79. The van der Waals surface area contributed by atoms with Gasteiger partial charge in [0.2, 0.25) is 5.91 Å². The van der Waals surface area contributed by atoms with E-state index in [0.717, 1.165) is 6.42 Å². The molecule has 1 amide bonds. The number of hydrogen-bond donors (Lipinski definition) is 1. The van der Waals surface area contributed by atoms with Crippen LogP contribution in [0.25, 0.3) is 0 Å². The molecule has 1 saturated carbocycles. The van der Waals surface area contributed by atoms with Gasteiger partial charge in [-0.25, -0.2) is 0 Å². The van der Waals surface area contributed by atoms with Crippen LogP contribution < -0.4 is 5.32 Å². The fourth-order valence-corrected chi connectivity index (χ4v) is 4.41. The second-order valence-electron chi connectivity index (χ2n) is 6.12. The lowest BCUT2D eigenvalue weighted by atomic mass is 9.97. The molecule has 3 nitrogen and oxygen atoms in total. The van der Waals surface area contributed by atoms with Crippen LogP contribution in [0.3, 0.4) is 0 Å².